The molecule has 1 saturated heterocycles. The topological polar surface area (TPSA) is 35.5 Å². The molecule has 1 rings (SSSR count). The Labute approximate surface area is 68.4 Å². The Hall–Kier alpha value is -0.120. The second-order valence-corrected chi connectivity index (χ2v) is 3.70. The number of β-amino-alcohol motifs (C(OH)–C–C–N with tert-alkyl or cyclic N) is 1. The molecule has 0 atom stereocenters. The van der Waals surface area contributed by atoms with Gasteiger partial charge in [0.1, 0.15) is 0 Å². The lowest BCUT2D eigenvalue weighted by atomic mass is 10.2. The van der Waals surface area contributed by atoms with Crippen LogP contribution >= 0.6 is 0 Å². The van der Waals surface area contributed by atoms with Crippen molar-refractivity contribution in [3.05, 3.63) is 0 Å². The zero-order valence-electron chi connectivity index (χ0n) is 7.38. The van der Waals surface area contributed by atoms with E-state index in [0.717, 1.165) is 26.3 Å². The molecule has 0 aromatic rings. The van der Waals surface area contributed by atoms with Crippen LogP contribution in [-0.2, 0) is 0 Å². The molecule has 0 spiro atoms. The maximum Gasteiger partial charge on any atom is 0.0794 e. The first-order valence-electron chi connectivity index (χ1n) is 4.29. The molecule has 3 heteroatoms. The van der Waals surface area contributed by atoms with Crippen LogP contribution in [0.5, 0.6) is 0 Å². The highest BCUT2D eigenvalue weighted by atomic mass is 16.3. The zero-order chi connectivity index (χ0) is 8.27. The summed E-state index contributed by atoms with van der Waals surface area (Å²) in [5, 5.41) is 12.3. The fraction of sp³-hybridized carbons (Fsp3) is 1.00. The number of hydrogen-bond donors (Lipinski definition) is 2. The number of aliphatic hydroxyl groups excluding tert-OH is 1. The van der Waals surface area contributed by atoms with E-state index in [0.29, 0.717) is 5.92 Å². The zero-order valence-corrected chi connectivity index (χ0v) is 7.38. The van der Waals surface area contributed by atoms with Crippen LogP contribution in [0.15, 0.2) is 0 Å². The highest BCUT2D eigenvalue weighted by molar-refractivity contribution is 4.77. The molecule has 0 bridgehead atoms. The van der Waals surface area contributed by atoms with Gasteiger partial charge in [-0.2, -0.15) is 0 Å². The Bertz CT molecular complexity index is 111. The van der Waals surface area contributed by atoms with Crippen molar-refractivity contribution < 1.29 is 5.11 Å². The highest BCUT2D eigenvalue weighted by Crippen LogP contribution is 2.04. The molecule has 2 N–H and O–H groups in total. The maximum atomic E-state index is 8.96. The average molecular weight is 158 g/mol. The Morgan fingerprint density at radius 3 is 2.64 bits per heavy atom. The van der Waals surface area contributed by atoms with Gasteiger partial charge < -0.3 is 10.4 Å². The predicted molar refractivity (Wildman–Crippen MR) is 45.3 cm³/mol. The van der Waals surface area contributed by atoms with E-state index in [1.165, 1.54) is 0 Å². The molecule has 11 heavy (non-hydrogen) atoms. The van der Waals surface area contributed by atoms with Crippen molar-refractivity contribution in [1.82, 2.24) is 10.2 Å². The summed E-state index contributed by atoms with van der Waals surface area (Å²) in [5.41, 5.74) is 0. The van der Waals surface area contributed by atoms with Crippen molar-refractivity contribution in [2.75, 3.05) is 26.3 Å². The minimum atomic E-state index is -0.0733. The molecule has 1 aliphatic rings. The van der Waals surface area contributed by atoms with Crippen LogP contribution in [0.1, 0.15) is 13.8 Å². The van der Waals surface area contributed by atoms with Crippen molar-refractivity contribution in [3.63, 3.8) is 0 Å². The number of hydrogen-bond acceptors (Lipinski definition) is 3. The van der Waals surface area contributed by atoms with E-state index >= 15 is 0 Å². The summed E-state index contributed by atoms with van der Waals surface area (Å²) >= 11 is 0. The summed E-state index contributed by atoms with van der Waals surface area (Å²) in [5.74, 6) is 0.709. The maximum absolute atomic E-state index is 8.96. The van der Waals surface area contributed by atoms with Crippen LogP contribution in [-0.4, -0.2) is 42.4 Å². The minimum Gasteiger partial charge on any atom is -0.390 e. The minimum absolute atomic E-state index is 0.0733. The fourth-order valence-electron chi connectivity index (χ4n) is 1.18. The van der Waals surface area contributed by atoms with Gasteiger partial charge in [0.25, 0.3) is 0 Å². The molecule has 1 heterocycles. The van der Waals surface area contributed by atoms with Crippen LogP contribution in [0.25, 0.3) is 0 Å². The van der Waals surface area contributed by atoms with Crippen molar-refractivity contribution >= 4 is 0 Å². The molecule has 0 aromatic heterocycles. The van der Waals surface area contributed by atoms with Gasteiger partial charge in [0.2, 0.25) is 0 Å². The van der Waals surface area contributed by atoms with E-state index in [9.17, 15) is 0 Å². The lowest BCUT2D eigenvalue weighted by Gasteiger charge is -2.35. The summed E-state index contributed by atoms with van der Waals surface area (Å²) < 4.78 is 0. The first kappa shape index (κ1) is 8.97. The standard InChI is InChI=1S/C8H18N2O/c1-7(2)3-9-6-10-4-8(11)5-10/h7-9,11H,3-6H2,1-2H3. The van der Waals surface area contributed by atoms with E-state index in [1.807, 2.05) is 0 Å². The predicted octanol–water partition coefficient (Wildman–Crippen LogP) is -0.134. The average Bonchev–Trinajstić information content (AvgIpc) is 1.83. The third-order valence-electron chi connectivity index (χ3n) is 1.83. The van der Waals surface area contributed by atoms with Gasteiger partial charge in [-0.25, -0.2) is 0 Å². The molecule has 0 aliphatic carbocycles. The second-order valence-electron chi connectivity index (χ2n) is 3.70. The number of aliphatic hydroxyl groups is 1. The molecule has 0 aromatic carbocycles. The summed E-state index contributed by atoms with van der Waals surface area (Å²) in [6.45, 7) is 8.05. The number of likely N-dealkylation sites (tertiary alicyclic amines) is 1. The first-order chi connectivity index (χ1) is 5.18. The van der Waals surface area contributed by atoms with Crippen LogP contribution in [0.4, 0.5) is 0 Å². The van der Waals surface area contributed by atoms with Crippen molar-refractivity contribution in [3.8, 4) is 0 Å². The van der Waals surface area contributed by atoms with Crippen LogP contribution in [0.2, 0.25) is 0 Å². The van der Waals surface area contributed by atoms with Gasteiger partial charge in [-0.1, -0.05) is 13.8 Å². The molecule has 0 unspecified atom stereocenters. The molecule has 1 aliphatic heterocycles. The Morgan fingerprint density at radius 1 is 1.55 bits per heavy atom. The molecule has 0 saturated carbocycles. The molecule has 0 amide bonds. The summed E-state index contributed by atoms with van der Waals surface area (Å²) in [4.78, 5) is 2.20. The number of nitrogens with one attached hydrogen (secondary N) is 1. The van der Waals surface area contributed by atoms with E-state index in [-0.39, 0.29) is 6.10 Å². The van der Waals surface area contributed by atoms with Crippen molar-refractivity contribution in [1.29, 1.82) is 0 Å². The lowest BCUT2D eigenvalue weighted by Crippen LogP contribution is -2.54. The molecule has 3 nitrogen and oxygen atoms in total. The van der Waals surface area contributed by atoms with Gasteiger partial charge in [0, 0.05) is 19.8 Å². The van der Waals surface area contributed by atoms with Crippen molar-refractivity contribution in [2.24, 2.45) is 5.92 Å². The van der Waals surface area contributed by atoms with E-state index in [4.69, 9.17) is 5.11 Å². The van der Waals surface area contributed by atoms with Crippen LogP contribution in [0, 0.1) is 5.92 Å². The van der Waals surface area contributed by atoms with Gasteiger partial charge >= 0.3 is 0 Å². The fourth-order valence-corrected chi connectivity index (χ4v) is 1.18. The van der Waals surface area contributed by atoms with E-state index in [2.05, 4.69) is 24.1 Å². The number of rotatable bonds is 4. The van der Waals surface area contributed by atoms with E-state index in [1.54, 1.807) is 0 Å². The lowest BCUT2D eigenvalue weighted by molar-refractivity contribution is -0.00265. The summed E-state index contributed by atoms with van der Waals surface area (Å²) in [7, 11) is 0. The van der Waals surface area contributed by atoms with Crippen molar-refractivity contribution in [2.45, 2.75) is 20.0 Å². The smallest absolute Gasteiger partial charge is 0.0794 e. The Balaban J connectivity index is 1.89. The first-order valence-corrected chi connectivity index (χ1v) is 4.29. The van der Waals surface area contributed by atoms with Gasteiger partial charge in [0.05, 0.1) is 6.10 Å². The quantitative estimate of drug-likeness (QED) is 0.598. The Kier molecular flexibility index (Phi) is 3.30. The SMILES string of the molecule is CC(C)CNCN1CC(O)C1. The summed E-state index contributed by atoms with van der Waals surface area (Å²) in [6, 6.07) is 0. The van der Waals surface area contributed by atoms with Gasteiger partial charge in [-0.15, -0.1) is 0 Å². The monoisotopic (exact) mass is 158 g/mol. The van der Waals surface area contributed by atoms with Gasteiger partial charge in [0.15, 0.2) is 0 Å². The molecule has 66 valence electrons. The van der Waals surface area contributed by atoms with Gasteiger partial charge in [-0.3, -0.25) is 4.90 Å². The summed E-state index contributed by atoms with van der Waals surface area (Å²) in [6.07, 6.45) is -0.0733. The molecule has 0 radical (unpaired) electrons. The highest BCUT2D eigenvalue weighted by Gasteiger charge is 2.22. The Morgan fingerprint density at radius 2 is 2.18 bits per heavy atom. The molecular weight excluding hydrogens is 140 g/mol. The molecular formula is C8H18N2O. The third-order valence-corrected chi connectivity index (χ3v) is 1.83. The van der Waals surface area contributed by atoms with Crippen LogP contribution in [0.3, 0.4) is 0 Å². The molecule has 1 fully saturated rings. The van der Waals surface area contributed by atoms with Gasteiger partial charge in [-0.05, 0) is 12.5 Å². The third kappa shape index (κ3) is 3.18. The normalized spacial score (nSPS) is 20.7. The largest absolute Gasteiger partial charge is 0.390 e. The van der Waals surface area contributed by atoms with E-state index < -0.39 is 0 Å². The second kappa shape index (κ2) is 4.04. The number of nitrogens with zero attached hydrogens (tertiary/aromatic N) is 1. The van der Waals surface area contributed by atoms with Crippen LogP contribution < -0.4 is 5.32 Å².